The zero-order chi connectivity index (χ0) is 16.0. The van der Waals surface area contributed by atoms with Crippen LogP contribution in [0.1, 0.15) is 45.6 Å². The van der Waals surface area contributed by atoms with Gasteiger partial charge in [0.2, 0.25) is 0 Å². The second-order valence-electron chi connectivity index (χ2n) is 5.19. The molecule has 5 heteroatoms. The van der Waals surface area contributed by atoms with Crippen molar-refractivity contribution in [2.75, 3.05) is 12.3 Å². The Labute approximate surface area is 126 Å². The standard InChI is InChI=1S/C16H25NO4/c1-5-12(15(16(18)19)21-10(3)4)11-7-8-14(20-6-2)13(17)9-11/h7-10,12,15H,5-6,17H2,1-4H3,(H,18,19). The third kappa shape index (κ3) is 4.63. The van der Waals surface area contributed by atoms with E-state index in [0.717, 1.165) is 5.56 Å². The Hall–Kier alpha value is -1.75. The molecule has 0 bridgehead atoms. The molecule has 0 radical (unpaired) electrons. The van der Waals surface area contributed by atoms with Crippen molar-refractivity contribution in [3.8, 4) is 5.75 Å². The van der Waals surface area contributed by atoms with Crippen molar-refractivity contribution in [1.29, 1.82) is 0 Å². The van der Waals surface area contributed by atoms with E-state index in [1.807, 2.05) is 33.8 Å². The first kappa shape index (κ1) is 17.3. The summed E-state index contributed by atoms with van der Waals surface area (Å²) in [4.78, 5) is 11.5. The molecule has 3 N–H and O–H groups in total. The highest BCUT2D eigenvalue weighted by Gasteiger charge is 2.30. The number of aliphatic carboxylic acids is 1. The first-order chi connectivity index (χ1) is 9.90. The van der Waals surface area contributed by atoms with Crippen LogP contribution in [0, 0.1) is 0 Å². The van der Waals surface area contributed by atoms with E-state index >= 15 is 0 Å². The maximum absolute atomic E-state index is 11.5. The molecule has 0 amide bonds. The van der Waals surface area contributed by atoms with Gasteiger partial charge >= 0.3 is 5.97 Å². The van der Waals surface area contributed by atoms with Crippen LogP contribution in [0.3, 0.4) is 0 Å². The summed E-state index contributed by atoms with van der Waals surface area (Å²) in [5, 5.41) is 9.41. The van der Waals surface area contributed by atoms with Crippen LogP contribution in [0.2, 0.25) is 0 Å². The summed E-state index contributed by atoms with van der Waals surface area (Å²) < 4.78 is 11.0. The van der Waals surface area contributed by atoms with E-state index in [4.69, 9.17) is 15.2 Å². The third-order valence-electron chi connectivity index (χ3n) is 3.23. The van der Waals surface area contributed by atoms with Crippen molar-refractivity contribution in [3.05, 3.63) is 23.8 Å². The summed E-state index contributed by atoms with van der Waals surface area (Å²) in [6.45, 7) is 8.02. The van der Waals surface area contributed by atoms with Crippen molar-refractivity contribution in [3.63, 3.8) is 0 Å². The molecule has 2 atom stereocenters. The highest BCUT2D eigenvalue weighted by atomic mass is 16.5. The largest absolute Gasteiger partial charge is 0.492 e. The number of nitrogen functional groups attached to an aromatic ring is 1. The Morgan fingerprint density at radius 2 is 2.00 bits per heavy atom. The maximum Gasteiger partial charge on any atom is 0.333 e. The third-order valence-corrected chi connectivity index (χ3v) is 3.23. The van der Waals surface area contributed by atoms with E-state index in [1.165, 1.54) is 0 Å². The molecule has 0 aliphatic carbocycles. The predicted octanol–water partition coefficient (Wildman–Crippen LogP) is 3.04. The Balaban J connectivity index is 3.07. The summed E-state index contributed by atoms with van der Waals surface area (Å²) >= 11 is 0. The highest BCUT2D eigenvalue weighted by molar-refractivity contribution is 5.74. The van der Waals surface area contributed by atoms with Gasteiger partial charge in [-0.05, 0) is 44.9 Å². The van der Waals surface area contributed by atoms with Gasteiger partial charge in [-0.25, -0.2) is 4.79 Å². The van der Waals surface area contributed by atoms with Crippen LogP contribution in [0.15, 0.2) is 18.2 Å². The Kier molecular flexibility index (Phi) is 6.49. The average Bonchev–Trinajstić information content (AvgIpc) is 2.41. The van der Waals surface area contributed by atoms with E-state index in [9.17, 15) is 9.90 Å². The molecule has 0 heterocycles. The number of benzene rings is 1. The van der Waals surface area contributed by atoms with Crippen LogP contribution < -0.4 is 10.5 Å². The minimum Gasteiger partial charge on any atom is -0.492 e. The zero-order valence-electron chi connectivity index (χ0n) is 13.1. The molecule has 118 valence electrons. The van der Waals surface area contributed by atoms with Gasteiger partial charge in [0.1, 0.15) is 5.75 Å². The molecule has 0 aliphatic heterocycles. The molecule has 21 heavy (non-hydrogen) atoms. The van der Waals surface area contributed by atoms with Gasteiger partial charge in [0.05, 0.1) is 18.4 Å². The first-order valence-electron chi connectivity index (χ1n) is 7.31. The van der Waals surface area contributed by atoms with Crippen LogP contribution in [0.25, 0.3) is 0 Å². The number of nitrogens with two attached hydrogens (primary N) is 1. The number of carbonyl (C=O) groups is 1. The van der Waals surface area contributed by atoms with E-state index in [1.54, 1.807) is 12.1 Å². The zero-order valence-corrected chi connectivity index (χ0v) is 13.1. The normalized spacial score (nSPS) is 14.0. The quantitative estimate of drug-likeness (QED) is 0.720. The lowest BCUT2D eigenvalue weighted by Gasteiger charge is -2.25. The molecular formula is C16H25NO4. The monoisotopic (exact) mass is 295 g/mol. The highest BCUT2D eigenvalue weighted by Crippen LogP contribution is 2.31. The number of rotatable bonds is 8. The minimum atomic E-state index is -0.956. The van der Waals surface area contributed by atoms with Crippen molar-refractivity contribution in [2.24, 2.45) is 0 Å². The maximum atomic E-state index is 11.5. The molecule has 5 nitrogen and oxygen atoms in total. The van der Waals surface area contributed by atoms with E-state index in [2.05, 4.69) is 0 Å². The van der Waals surface area contributed by atoms with Crippen LogP contribution in [-0.4, -0.2) is 29.9 Å². The van der Waals surface area contributed by atoms with E-state index < -0.39 is 12.1 Å². The van der Waals surface area contributed by atoms with Crippen LogP contribution in [0.5, 0.6) is 5.75 Å². The summed E-state index contributed by atoms with van der Waals surface area (Å²) in [7, 11) is 0. The van der Waals surface area contributed by atoms with Crippen LogP contribution in [0.4, 0.5) is 5.69 Å². The van der Waals surface area contributed by atoms with Gasteiger partial charge in [-0.2, -0.15) is 0 Å². The lowest BCUT2D eigenvalue weighted by atomic mass is 9.90. The molecule has 0 aliphatic rings. The predicted molar refractivity (Wildman–Crippen MR) is 82.7 cm³/mol. The number of ether oxygens (including phenoxy) is 2. The fourth-order valence-electron chi connectivity index (χ4n) is 2.33. The van der Waals surface area contributed by atoms with Gasteiger partial charge in [0.25, 0.3) is 0 Å². The van der Waals surface area contributed by atoms with Gasteiger partial charge in [-0.15, -0.1) is 0 Å². The van der Waals surface area contributed by atoms with Crippen molar-refractivity contribution in [2.45, 2.75) is 52.2 Å². The van der Waals surface area contributed by atoms with Crippen LogP contribution in [-0.2, 0) is 9.53 Å². The second kappa shape index (κ2) is 7.88. The van der Waals surface area contributed by atoms with Gasteiger partial charge in [-0.1, -0.05) is 13.0 Å². The number of hydrogen-bond acceptors (Lipinski definition) is 4. The number of carboxylic acid groups (broad SMARTS) is 1. The number of anilines is 1. The molecular weight excluding hydrogens is 270 g/mol. The van der Waals surface area contributed by atoms with Crippen molar-refractivity contribution >= 4 is 11.7 Å². The molecule has 1 aromatic carbocycles. The fourth-order valence-corrected chi connectivity index (χ4v) is 2.33. The summed E-state index contributed by atoms with van der Waals surface area (Å²) in [5.74, 6) is -0.585. The van der Waals surface area contributed by atoms with Crippen LogP contribution >= 0.6 is 0 Å². The summed E-state index contributed by atoms with van der Waals surface area (Å²) in [6, 6.07) is 5.42. The molecule has 0 fully saturated rings. The molecule has 0 spiro atoms. The van der Waals surface area contributed by atoms with Gasteiger partial charge in [-0.3, -0.25) is 0 Å². The average molecular weight is 295 g/mol. The lowest BCUT2D eigenvalue weighted by Crippen LogP contribution is -2.33. The van der Waals surface area contributed by atoms with E-state index in [-0.39, 0.29) is 12.0 Å². The lowest BCUT2D eigenvalue weighted by molar-refractivity contribution is -0.155. The smallest absolute Gasteiger partial charge is 0.333 e. The summed E-state index contributed by atoms with van der Waals surface area (Å²) in [6.07, 6.45) is -0.385. The van der Waals surface area contributed by atoms with Gasteiger partial charge < -0.3 is 20.3 Å². The number of hydrogen-bond donors (Lipinski definition) is 2. The molecule has 1 aromatic rings. The van der Waals surface area contributed by atoms with Crippen molar-refractivity contribution < 1.29 is 19.4 Å². The SMILES string of the molecule is CCOc1ccc(C(CC)C(OC(C)C)C(=O)O)cc1N. The second-order valence-corrected chi connectivity index (χ2v) is 5.19. The Morgan fingerprint density at radius 3 is 2.43 bits per heavy atom. The molecule has 1 rings (SSSR count). The fraction of sp³-hybridized carbons (Fsp3) is 0.562. The minimum absolute atomic E-state index is 0.153. The first-order valence-corrected chi connectivity index (χ1v) is 7.31. The van der Waals surface area contributed by atoms with Gasteiger partial charge in [0, 0.05) is 5.92 Å². The molecule has 0 saturated carbocycles. The number of carboxylic acids is 1. The van der Waals surface area contributed by atoms with Crippen molar-refractivity contribution in [1.82, 2.24) is 0 Å². The molecule has 0 saturated heterocycles. The topological polar surface area (TPSA) is 81.8 Å². The Morgan fingerprint density at radius 1 is 1.33 bits per heavy atom. The summed E-state index contributed by atoms with van der Waals surface area (Å²) in [5.41, 5.74) is 7.33. The molecule has 0 aromatic heterocycles. The van der Waals surface area contributed by atoms with Gasteiger partial charge in [0.15, 0.2) is 6.10 Å². The Bertz CT molecular complexity index is 473. The van der Waals surface area contributed by atoms with E-state index in [0.29, 0.717) is 24.5 Å². The molecule has 2 unspecified atom stereocenters.